The van der Waals surface area contributed by atoms with Crippen molar-refractivity contribution in [3.05, 3.63) is 90.3 Å². The van der Waals surface area contributed by atoms with Crippen LogP contribution in [-0.2, 0) is 6.16 Å². The first kappa shape index (κ1) is 14.6. The van der Waals surface area contributed by atoms with Gasteiger partial charge in [-0.25, -0.2) is 4.98 Å². The summed E-state index contributed by atoms with van der Waals surface area (Å²) in [5.74, 6) is 0. The maximum absolute atomic E-state index is 10.9. The van der Waals surface area contributed by atoms with E-state index in [1.54, 1.807) is 6.07 Å². The van der Waals surface area contributed by atoms with E-state index in [1.807, 2.05) is 24.3 Å². The Labute approximate surface area is 131 Å². The summed E-state index contributed by atoms with van der Waals surface area (Å²) in [6, 6.07) is 26.7. The second-order valence-electron chi connectivity index (χ2n) is 4.93. The van der Waals surface area contributed by atoms with Crippen LogP contribution in [0.4, 0.5) is 0 Å². The van der Waals surface area contributed by atoms with E-state index in [0.717, 1.165) is 18.1 Å². The van der Waals surface area contributed by atoms with Crippen molar-refractivity contribution in [3.63, 3.8) is 0 Å². The average Bonchev–Trinajstić information content (AvgIpc) is 2.61. The van der Waals surface area contributed by atoms with Gasteiger partial charge in [0.15, 0.2) is 6.29 Å². The molecule has 22 heavy (non-hydrogen) atoms. The second-order valence-corrected chi connectivity index (χ2v) is 7.13. The summed E-state index contributed by atoms with van der Waals surface area (Å²) in [5.41, 5.74) is 1.46. The van der Waals surface area contributed by atoms with Gasteiger partial charge in [-0.1, -0.05) is 66.7 Å². The van der Waals surface area contributed by atoms with Crippen LogP contribution in [0.2, 0.25) is 0 Å². The lowest BCUT2D eigenvalue weighted by atomic mass is 10.3. The zero-order valence-electron chi connectivity index (χ0n) is 12.1. The highest BCUT2D eigenvalue weighted by molar-refractivity contribution is 7.72. The Kier molecular flexibility index (Phi) is 4.72. The fraction of sp³-hybridized carbons (Fsp3) is 0.0526. The van der Waals surface area contributed by atoms with Gasteiger partial charge in [-0.3, -0.25) is 4.79 Å². The van der Waals surface area contributed by atoms with Gasteiger partial charge in [-0.15, -0.1) is 0 Å². The average molecular weight is 305 g/mol. The molecule has 0 aliphatic rings. The minimum Gasteiger partial charge on any atom is -0.296 e. The number of nitrogens with zero attached hydrogens (tertiary/aromatic N) is 1. The SMILES string of the molecule is O=Cc1cccc(CP(c2ccccc2)c2ccccc2)n1. The number of carbonyl (C=O) groups excluding carboxylic acids is 1. The standard InChI is InChI=1S/C19H16NOP/c21-14-16-8-7-9-17(20-16)15-22(18-10-3-1-4-11-18)19-12-5-2-6-13-19/h1-14H,15H2. The van der Waals surface area contributed by atoms with Crippen molar-refractivity contribution < 1.29 is 4.79 Å². The van der Waals surface area contributed by atoms with Crippen LogP contribution in [0.25, 0.3) is 0 Å². The van der Waals surface area contributed by atoms with Gasteiger partial charge in [0, 0.05) is 11.9 Å². The lowest BCUT2D eigenvalue weighted by Gasteiger charge is -2.18. The van der Waals surface area contributed by atoms with Crippen LogP contribution >= 0.6 is 7.92 Å². The molecule has 0 amide bonds. The molecule has 1 aromatic heterocycles. The number of pyridine rings is 1. The monoisotopic (exact) mass is 305 g/mol. The summed E-state index contributed by atoms with van der Waals surface area (Å²) in [7, 11) is -0.523. The zero-order chi connectivity index (χ0) is 15.2. The Morgan fingerprint density at radius 2 is 1.36 bits per heavy atom. The third-order valence-electron chi connectivity index (χ3n) is 3.40. The molecule has 3 aromatic rings. The number of hydrogen-bond acceptors (Lipinski definition) is 2. The third-order valence-corrected chi connectivity index (χ3v) is 5.89. The fourth-order valence-electron chi connectivity index (χ4n) is 2.36. The second kappa shape index (κ2) is 7.11. The minimum atomic E-state index is -0.523. The Morgan fingerprint density at radius 1 is 0.773 bits per heavy atom. The highest BCUT2D eigenvalue weighted by Gasteiger charge is 2.14. The Hall–Kier alpha value is -2.31. The Morgan fingerprint density at radius 3 is 1.91 bits per heavy atom. The molecular weight excluding hydrogens is 289 g/mol. The topological polar surface area (TPSA) is 30.0 Å². The largest absolute Gasteiger partial charge is 0.296 e. The van der Waals surface area contributed by atoms with E-state index in [-0.39, 0.29) is 0 Å². The molecule has 3 heteroatoms. The predicted octanol–water partition coefficient (Wildman–Crippen LogP) is 3.53. The molecule has 0 unspecified atom stereocenters. The quantitative estimate of drug-likeness (QED) is 0.533. The first-order valence-corrected chi connectivity index (χ1v) is 8.68. The molecule has 0 spiro atoms. The maximum atomic E-state index is 10.9. The molecule has 0 fully saturated rings. The lowest BCUT2D eigenvalue weighted by molar-refractivity contribution is 0.111. The van der Waals surface area contributed by atoms with Crippen molar-refractivity contribution in [1.29, 1.82) is 0 Å². The van der Waals surface area contributed by atoms with Crippen LogP contribution in [0.1, 0.15) is 16.2 Å². The van der Waals surface area contributed by atoms with Gasteiger partial charge < -0.3 is 0 Å². The van der Waals surface area contributed by atoms with Crippen LogP contribution in [0.15, 0.2) is 78.9 Å². The minimum absolute atomic E-state index is 0.494. The maximum Gasteiger partial charge on any atom is 0.168 e. The molecule has 2 nitrogen and oxygen atoms in total. The van der Waals surface area contributed by atoms with Crippen molar-refractivity contribution in [2.75, 3.05) is 0 Å². The lowest BCUT2D eigenvalue weighted by Crippen LogP contribution is -2.13. The van der Waals surface area contributed by atoms with Crippen LogP contribution in [0.3, 0.4) is 0 Å². The van der Waals surface area contributed by atoms with E-state index in [4.69, 9.17) is 0 Å². The van der Waals surface area contributed by atoms with Crippen LogP contribution < -0.4 is 10.6 Å². The molecule has 108 valence electrons. The van der Waals surface area contributed by atoms with Crippen molar-refractivity contribution in [2.45, 2.75) is 6.16 Å². The van der Waals surface area contributed by atoms with Gasteiger partial charge in [-0.05, 0) is 30.7 Å². The summed E-state index contributed by atoms with van der Waals surface area (Å²) in [5, 5.41) is 2.64. The number of carbonyl (C=O) groups is 1. The Bertz CT molecular complexity index is 704. The zero-order valence-corrected chi connectivity index (χ0v) is 13.0. The predicted molar refractivity (Wildman–Crippen MR) is 92.4 cm³/mol. The summed E-state index contributed by atoms with van der Waals surface area (Å²) in [6.07, 6.45) is 1.64. The highest BCUT2D eigenvalue weighted by atomic mass is 31.1. The van der Waals surface area contributed by atoms with Gasteiger partial charge in [0.05, 0.1) is 0 Å². The molecular formula is C19H16NOP. The summed E-state index contributed by atoms with van der Waals surface area (Å²) in [6.45, 7) is 0. The Balaban J connectivity index is 1.97. The molecule has 0 saturated carbocycles. The molecule has 0 atom stereocenters. The van der Waals surface area contributed by atoms with Crippen LogP contribution in [0, 0.1) is 0 Å². The molecule has 1 heterocycles. The van der Waals surface area contributed by atoms with Gasteiger partial charge >= 0.3 is 0 Å². The third kappa shape index (κ3) is 3.47. The van der Waals surface area contributed by atoms with Crippen LogP contribution in [0.5, 0.6) is 0 Å². The number of aromatic nitrogens is 1. The smallest absolute Gasteiger partial charge is 0.168 e. The number of hydrogen-bond donors (Lipinski definition) is 0. The summed E-state index contributed by atoms with van der Waals surface area (Å²) < 4.78 is 0. The van der Waals surface area contributed by atoms with Gasteiger partial charge in [0.1, 0.15) is 5.69 Å². The van der Waals surface area contributed by atoms with E-state index < -0.39 is 7.92 Å². The first-order valence-electron chi connectivity index (χ1n) is 7.15. The van der Waals surface area contributed by atoms with Crippen molar-refractivity contribution >= 4 is 24.8 Å². The van der Waals surface area contributed by atoms with Crippen LogP contribution in [-0.4, -0.2) is 11.3 Å². The fourth-order valence-corrected chi connectivity index (χ4v) is 4.59. The van der Waals surface area contributed by atoms with Crippen molar-refractivity contribution in [1.82, 2.24) is 4.98 Å². The molecule has 0 aliphatic heterocycles. The molecule has 0 saturated heterocycles. The normalized spacial score (nSPS) is 10.6. The van der Waals surface area contributed by atoms with E-state index in [1.165, 1.54) is 10.6 Å². The van der Waals surface area contributed by atoms with Crippen molar-refractivity contribution in [3.8, 4) is 0 Å². The highest BCUT2D eigenvalue weighted by Crippen LogP contribution is 2.37. The van der Waals surface area contributed by atoms with Gasteiger partial charge in [0.25, 0.3) is 0 Å². The molecule has 0 radical (unpaired) electrons. The molecule has 0 N–H and O–H groups in total. The molecule has 3 rings (SSSR count). The number of aldehydes is 1. The van der Waals surface area contributed by atoms with E-state index in [9.17, 15) is 4.79 Å². The first-order chi connectivity index (χ1) is 10.9. The molecule has 0 bridgehead atoms. The van der Waals surface area contributed by atoms with Gasteiger partial charge in [-0.2, -0.15) is 0 Å². The van der Waals surface area contributed by atoms with Gasteiger partial charge in [0.2, 0.25) is 0 Å². The van der Waals surface area contributed by atoms with E-state index in [2.05, 4.69) is 53.5 Å². The van der Waals surface area contributed by atoms with E-state index in [0.29, 0.717) is 5.69 Å². The molecule has 2 aromatic carbocycles. The number of rotatable bonds is 5. The summed E-state index contributed by atoms with van der Waals surface area (Å²) in [4.78, 5) is 15.4. The summed E-state index contributed by atoms with van der Waals surface area (Å²) >= 11 is 0. The van der Waals surface area contributed by atoms with E-state index >= 15 is 0 Å². The number of benzene rings is 2. The molecule has 0 aliphatic carbocycles. The van der Waals surface area contributed by atoms with Crippen molar-refractivity contribution in [2.24, 2.45) is 0 Å².